The van der Waals surface area contributed by atoms with Crippen LogP contribution < -0.4 is 0 Å². The molecule has 140 valence electrons. The molecule has 0 heterocycles. The fourth-order valence-electron chi connectivity index (χ4n) is 5.45. The van der Waals surface area contributed by atoms with Crippen LogP contribution in [0.5, 0.6) is 0 Å². The summed E-state index contributed by atoms with van der Waals surface area (Å²) in [5.41, 5.74) is -2.66. The third-order valence-electron chi connectivity index (χ3n) is 6.42. The first-order valence-corrected chi connectivity index (χ1v) is 8.32. The molecule has 0 spiro atoms. The number of carboxylic acids is 4. The number of hydrogen-bond acceptors (Lipinski definition) is 4. The van der Waals surface area contributed by atoms with E-state index in [1.807, 2.05) is 0 Å². The Hall–Kier alpha value is -2.12. The lowest BCUT2D eigenvalue weighted by Gasteiger charge is -2.68. The summed E-state index contributed by atoms with van der Waals surface area (Å²) in [5, 5.41) is 38.4. The molecule has 2 saturated carbocycles. The Morgan fingerprint density at radius 3 is 1.84 bits per heavy atom. The topological polar surface area (TPSA) is 149 Å². The highest BCUT2D eigenvalue weighted by atomic mass is 16.4. The van der Waals surface area contributed by atoms with Crippen molar-refractivity contribution in [1.82, 2.24) is 0 Å². The van der Waals surface area contributed by atoms with E-state index in [1.165, 1.54) is 0 Å². The van der Waals surface area contributed by atoms with Gasteiger partial charge in [0, 0.05) is 0 Å². The molecule has 0 aliphatic heterocycles. The van der Waals surface area contributed by atoms with Gasteiger partial charge in [-0.05, 0) is 36.5 Å². The largest absolute Gasteiger partial charge is 0.481 e. The van der Waals surface area contributed by atoms with Gasteiger partial charge < -0.3 is 20.4 Å². The molecule has 2 rings (SSSR count). The summed E-state index contributed by atoms with van der Waals surface area (Å²) in [6.45, 7) is 5.19. The Morgan fingerprint density at radius 2 is 1.48 bits per heavy atom. The molecule has 2 aliphatic rings. The standard InChI is InChI=1S/C17H24O8/c1-7(2)5-17(15(24)25)11(14(22)23)10-4-8(12(18)19)9(13(20)21)6-16(10,17)3/h7-11H,4-6H2,1-3H3,(H,18,19)(H,20,21)(H,22,23)(H,24,25). The van der Waals surface area contributed by atoms with E-state index in [-0.39, 0.29) is 25.2 Å². The van der Waals surface area contributed by atoms with Gasteiger partial charge >= 0.3 is 23.9 Å². The molecule has 4 N–H and O–H groups in total. The molecule has 8 heteroatoms. The molecule has 0 saturated heterocycles. The summed E-state index contributed by atoms with van der Waals surface area (Å²) in [4.78, 5) is 47.1. The van der Waals surface area contributed by atoms with Gasteiger partial charge in [0.15, 0.2) is 0 Å². The molecule has 0 aromatic carbocycles. The van der Waals surface area contributed by atoms with E-state index in [0.717, 1.165) is 0 Å². The Bertz CT molecular complexity index is 626. The summed E-state index contributed by atoms with van der Waals surface area (Å²) < 4.78 is 0. The number of hydrogen-bond donors (Lipinski definition) is 4. The third-order valence-corrected chi connectivity index (χ3v) is 6.42. The zero-order valence-corrected chi connectivity index (χ0v) is 14.4. The Balaban J connectivity index is 2.57. The molecule has 0 aromatic rings. The van der Waals surface area contributed by atoms with Crippen molar-refractivity contribution in [1.29, 1.82) is 0 Å². The first-order chi connectivity index (χ1) is 11.4. The van der Waals surface area contributed by atoms with Crippen LogP contribution in [0.3, 0.4) is 0 Å². The summed E-state index contributed by atoms with van der Waals surface area (Å²) in [6.07, 6.45) is -0.171. The second kappa shape index (κ2) is 6.00. The highest BCUT2D eigenvalue weighted by Crippen LogP contribution is 2.73. The fourth-order valence-corrected chi connectivity index (χ4v) is 5.45. The van der Waals surface area contributed by atoms with Crippen molar-refractivity contribution in [3.63, 3.8) is 0 Å². The van der Waals surface area contributed by atoms with E-state index in [0.29, 0.717) is 0 Å². The average molecular weight is 356 g/mol. The molecule has 6 unspecified atom stereocenters. The maximum atomic E-state index is 12.2. The Kier molecular flexibility index (Phi) is 4.61. The van der Waals surface area contributed by atoms with Gasteiger partial charge in [-0.15, -0.1) is 0 Å². The van der Waals surface area contributed by atoms with Gasteiger partial charge in [-0.2, -0.15) is 0 Å². The van der Waals surface area contributed by atoms with Crippen molar-refractivity contribution in [3.8, 4) is 0 Å². The van der Waals surface area contributed by atoms with Gasteiger partial charge in [0.05, 0.1) is 23.2 Å². The van der Waals surface area contributed by atoms with Crippen LogP contribution in [0.2, 0.25) is 0 Å². The first-order valence-electron chi connectivity index (χ1n) is 8.32. The molecule has 0 aromatic heterocycles. The molecule has 2 aliphatic carbocycles. The highest BCUT2D eigenvalue weighted by Gasteiger charge is 2.77. The van der Waals surface area contributed by atoms with E-state index >= 15 is 0 Å². The zero-order chi connectivity index (χ0) is 19.3. The van der Waals surface area contributed by atoms with Crippen LogP contribution in [0.25, 0.3) is 0 Å². The summed E-state index contributed by atoms with van der Waals surface area (Å²) in [6, 6.07) is 0. The molecule has 0 amide bonds. The van der Waals surface area contributed by atoms with Crippen molar-refractivity contribution in [3.05, 3.63) is 0 Å². The van der Waals surface area contributed by atoms with Crippen molar-refractivity contribution < 1.29 is 39.6 Å². The van der Waals surface area contributed by atoms with Crippen molar-refractivity contribution >= 4 is 23.9 Å². The van der Waals surface area contributed by atoms with Crippen molar-refractivity contribution in [2.24, 2.45) is 40.4 Å². The van der Waals surface area contributed by atoms with Gasteiger partial charge in [0.1, 0.15) is 0 Å². The molecular weight excluding hydrogens is 332 g/mol. The molecule has 6 atom stereocenters. The Morgan fingerprint density at radius 1 is 0.960 bits per heavy atom. The van der Waals surface area contributed by atoms with Gasteiger partial charge in [-0.25, -0.2) is 0 Å². The lowest BCUT2D eigenvalue weighted by Crippen LogP contribution is -2.73. The van der Waals surface area contributed by atoms with Crippen molar-refractivity contribution in [2.45, 2.75) is 40.0 Å². The van der Waals surface area contributed by atoms with Gasteiger partial charge in [-0.1, -0.05) is 20.8 Å². The van der Waals surface area contributed by atoms with E-state index in [4.69, 9.17) is 0 Å². The van der Waals surface area contributed by atoms with Crippen LogP contribution in [-0.2, 0) is 19.2 Å². The second-order valence-corrected chi connectivity index (χ2v) is 8.04. The summed E-state index contributed by atoms with van der Waals surface area (Å²) >= 11 is 0. The Labute approximate surface area is 144 Å². The van der Waals surface area contributed by atoms with Crippen LogP contribution in [0.1, 0.15) is 40.0 Å². The van der Waals surface area contributed by atoms with Gasteiger partial charge in [-0.3, -0.25) is 19.2 Å². The van der Waals surface area contributed by atoms with Crippen LogP contribution in [0, 0.1) is 40.4 Å². The minimum absolute atomic E-state index is 0.101. The predicted octanol–water partition coefficient (Wildman–Crippen LogP) is 1.64. The van der Waals surface area contributed by atoms with E-state index in [9.17, 15) is 39.6 Å². The van der Waals surface area contributed by atoms with E-state index < -0.39 is 58.4 Å². The zero-order valence-electron chi connectivity index (χ0n) is 14.4. The van der Waals surface area contributed by atoms with E-state index in [2.05, 4.69) is 0 Å². The third kappa shape index (κ3) is 2.49. The molecule has 25 heavy (non-hydrogen) atoms. The molecule has 0 radical (unpaired) electrons. The molecule has 0 bridgehead atoms. The lowest BCUT2D eigenvalue weighted by molar-refractivity contribution is -0.253. The number of fused-ring (bicyclic) bond motifs is 1. The van der Waals surface area contributed by atoms with E-state index in [1.54, 1.807) is 20.8 Å². The lowest BCUT2D eigenvalue weighted by atomic mass is 9.32. The quantitative estimate of drug-likeness (QED) is 0.561. The van der Waals surface area contributed by atoms with Gasteiger partial charge in [0.2, 0.25) is 0 Å². The monoisotopic (exact) mass is 356 g/mol. The fraction of sp³-hybridized carbons (Fsp3) is 0.765. The van der Waals surface area contributed by atoms with Crippen LogP contribution in [0.4, 0.5) is 0 Å². The molecular formula is C17H24O8. The second-order valence-electron chi connectivity index (χ2n) is 8.04. The van der Waals surface area contributed by atoms with Crippen molar-refractivity contribution in [2.75, 3.05) is 0 Å². The number of aliphatic carboxylic acids is 4. The normalized spacial score (nSPS) is 40.0. The maximum Gasteiger partial charge on any atom is 0.311 e. The van der Waals surface area contributed by atoms with Gasteiger partial charge in [0.25, 0.3) is 0 Å². The number of rotatable bonds is 6. The summed E-state index contributed by atoms with van der Waals surface area (Å²) in [5.74, 6) is -9.48. The number of carboxylic acid groups (broad SMARTS) is 4. The molecule has 8 nitrogen and oxygen atoms in total. The summed E-state index contributed by atoms with van der Waals surface area (Å²) in [7, 11) is 0. The number of carbonyl (C=O) groups is 4. The smallest absolute Gasteiger partial charge is 0.311 e. The highest BCUT2D eigenvalue weighted by molar-refractivity contribution is 5.89. The van der Waals surface area contributed by atoms with Crippen LogP contribution in [-0.4, -0.2) is 44.3 Å². The maximum absolute atomic E-state index is 12.2. The predicted molar refractivity (Wildman–Crippen MR) is 83.7 cm³/mol. The van der Waals surface area contributed by atoms with Crippen LogP contribution in [0.15, 0.2) is 0 Å². The SMILES string of the molecule is CC(C)CC1(C(=O)O)C(C(=O)O)C2CC(C(=O)O)C(C(=O)O)CC21C. The van der Waals surface area contributed by atoms with Crippen LogP contribution >= 0.6 is 0 Å². The minimum atomic E-state index is -1.59. The first kappa shape index (κ1) is 19.2. The minimum Gasteiger partial charge on any atom is -0.481 e. The average Bonchev–Trinajstić information content (AvgIpc) is 2.45. The molecule has 2 fully saturated rings.